The highest BCUT2D eigenvalue weighted by Crippen LogP contribution is 2.25. The van der Waals surface area contributed by atoms with E-state index in [1.54, 1.807) is 12.1 Å². The van der Waals surface area contributed by atoms with Crippen LogP contribution in [0.2, 0.25) is 0 Å². The molecule has 2 nitrogen and oxygen atoms in total. The zero-order valence-electron chi connectivity index (χ0n) is 10.5. The van der Waals surface area contributed by atoms with Crippen LogP contribution in [0.3, 0.4) is 0 Å². The monoisotopic (exact) mass is 276 g/mol. The molecule has 0 radical (unpaired) electrons. The van der Waals surface area contributed by atoms with Crippen molar-refractivity contribution in [2.24, 2.45) is 0 Å². The Morgan fingerprint density at radius 2 is 2.00 bits per heavy atom. The highest BCUT2D eigenvalue weighted by Gasteiger charge is 2.24. The van der Waals surface area contributed by atoms with Gasteiger partial charge < -0.3 is 5.32 Å². The molecule has 1 saturated heterocycles. The maximum Gasteiger partial charge on any atom is 0.128 e. The third-order valence-corrected chi connectivity index (χ3v) is 3.25. The number of nitrogens with zero attached hydrogens (tertiary/aromatic N) is 1. The summed E-state index contributed by atoms with van der Waals surface area (Å²) in [5.74, 6) is -0.309. The van der Waals surface area contributed by atoms with Gasteiger partial charge in [0.05, 0.1) is 6.04 Å². The van der Waals surface area contributed by atoms with Gasteiger partial charge in [-0.2, -0.15) is 0 Å². The summed E-state index contributed by atoms with van der Waals surface area (Å²) in [7, 11) is 0. The minimum Gasteiger partial charge on any atom is -0.314 e. The number of piperazine rings is 1. The van der Waals surface area contributed by atoms with Gasteiger partial charge in [-0.15, -0.1) is 12.4 Å². The van der Waals surface area contributed by atoms with Crippen molar-refractivity contribution in [2.45, 2.75) is 13.0 Å². The molecule has 1 aromatic carbocycles. The van der Waals surface area contributed by atoms with Crippen molar-refractivity contribution in [3.05, 3.63) is 35.1 Å². The minimum absolute atomic E-state index is 0. The fraction of sp³-hybridized carbons (Fsp3) is 0.538. The van der Waals surface area contributed by atoms with Crippen molar-refractivity contribution in [1.82, 2.24) is 10.2 Å². The van der Waals surface area contributed by atoms with E-state index in [0.717, 1.165) is 31.7 Å². The Kier molecular flexibility index (Phi) is 5.99. The number of hydrogen-bond donors (Lipinski definition) is 1. The molecule has 0 bridgehead atoms. The van der Waals surface area contributed by atoms with Crippen molar-refractivity contribution in [3.63, 3.8) is 0 Å². The summed E-state index contributed by atoms with van der Waals surface area (Å²) < 4.78 is 27.0. The van der Waals surface area contributed by atoms with Gasteiger partial charge in [0.25, 0.3) is 0 Å². The summed E-state index contributed by atoms with van der Waals surface area (Å²) in [6, 6.07) is 4.44. The summed E-state index contributed by atoms with van der Waals surface area (Å²) in [6.45, 7) is 4.56. The number of alkyl halides is 1. The molecule has 1 aliphatic heterocycles. The van der Waals surface area contributed by atoms with Gasteiger partial charge in [-0.05, 0) is 13.0 Å². The molecule has 0 amide bonds. The predicted molar refractivity (Wildman–Crippen MR) is 71.5 cm³/mol. The molecule has 0 aromatic heterocycles. The Bertz CT molecular complexity index is 381. The van der Waals surface area contributed by atoms with Crippen LogP contribution in [0.5, 0.6) is 0 Å². The highest BCUT2D eigenvalue weighted by atomic mass is 35.5. The first kappa shape index (κ1) is 15.3. The van der Waals surface area contributed by atoms with Gasteiger partial charge in [-0.1, -0.05) is 17.7 Å². The molecule has 2 rings (SSSR count). The molecule has 5 heteroatoms. The van der Waals surface area contributed by atoms with Crippen molar-refractivity contribution >= 4 is 12.4 Å². The second-order valence-corrected chi connectivity index (χ2v) is 4.48. The van der Waals surface area contributed by atoms with Gasteiger partial charge in [0, 0.05) is 31.7 Å². The number of benzene rings is 1. The fourth-order valence-electron chi connectivity index (χ4n) is 2.29. The largest absolute Gasteiger partial charge is 0.314 e. The van der Waals surface area contributed by atoms with Crippen LogP contribution in [0.25, 0.3) is 0 Å². The van der Waals surface area contributed by atoms with E-state index in [1.807, 2.05) is 11.8 Å². The summed E-state index contributed by atoms with van der Waals surface area (Å²) in [5.41, 5.74) is 1.45. The van der Waals surface area contributed by atoms with E-state index < -0.39 is 12.7 Å². The lowest BCUT2D eigenvalue weighted by Gasteiger charge is -2.33. The van der Waals surface area contributed by atoms with Crippen LogP contribution in [0.4, 0.5) is 8.78 Å². The molecular formula is C13H19ClF2N2. The molecule has 0 unspecified atom stereocenters. The maximum atomic E-state index is 13.8. The molecule has 1 aromatic rings. The van der Waals surface area contributed by atoms with E-state index in [0.29, 0.717) is 5.56 Å². The van der Waals surface area contributed by atoms with Gasteiger partial charge in [-0.25, -0.2) is 8.78 Å². The third-order valence-electron chi connectivity index (χ3n) is 3.25. The standard InChI is InChI=1S/C13H18F2N2.ClH/c1-10-2-3-12(15)11(8-10)13(9-14)17-6-4-16-5-7-17;/h2-3,8,13,16H,4-7,9H2,1H3;1H/t13-;/m0./s1. The fourth-order valence-corrected chi connectivity index (χ4v) is 2.29. The van der Waals surface area contributed by atoms with Crippen LogP contribution < -0.4 is 5.32 Å². The summed E-state index contributed by atoms with van der Waals surface area (Å²) in [4.78, 5) is 2.01. The predicted octanol–water partition coefficient (Wildman–Crippen LogP) is 2.47. The molecule has 1 fully saturated rings. The van der Waals surface area contributed by atoms with Gasteiger partial charge in [-0.3, -0.25) is 4.90 Å². The van der Waals surface area contributed by atoms with Crippen molar-refractivity contribution < 1.29 is 8.78 Å². The van der Waals surface area contributed by atoms with Crippen molar-refractivity contribution in [1.29, 1.82) is 0 Å². The average Bonchev–Trinajstić information content (AvgIpc) is 2.36. The first-order valence-corrected chi connectivity index (χ1v) is 5.99. The van der Waals surface area contributed by atoms with Crippen LogP contribution in [0, 0.1) is 12.7 Å². The van der Waals surface area contributed by atoms with E-state index in [2.05, 4.69) is 5.32 Å². The smallest absolute Gasteiger partial charge is 0.128 e. The molecule has 0 aliphatic carbocycles. The van der Waals surface area contributed by atoms with Gasteiger partial charge in [0.15, 0.2) is 0 Å². The Morgan fingerprint density at radius 1 is 1.33 bits per heavy atom. The lowest BCUT2D eigenvalue weighted by Crippen LogP contribution is -2.45. The van der Waals surface area contributed by atoms with Crippen molar-refractivity contribution in [3.8, 4) is 0 Å². The topological polar surface area (TPSA) is 15.3 Å². The summed E-state index contributed by atoms with van der Waals surface area (Å²) >= 11 is 0. The molecular weight excluding hydrogens is 258 g/mol. The first-order chi connectivity index (χ1) is 8.22. The number of rotatable bonds is 3. The number of halogens is 3. The average molecular weight is 277 g/mol. The third kappa shape index (κ3) is 3.40. The van der Waals surface area contributed by atoms with E-state index in [4.69, 9.17) is 0 Å². The molecule has 1 atom stereocenters. The first-order valence-electron chi connectivity index (χ1n) is 5.99. The quantitative estimate of drug-likeness (QED) is 0.912. The zero-order valence-corrected chi connectivity index (χ0v) is 11.3. The van der Waals surface area contributed by atoms with E-state index in [1.165, 1.54) is 6.07 Å². The lowest BCUT2D eigenvalue weighted by molar-refractivity contribution is 0.144. The molecule has 1 aliphatic rings. The van der Waals surface area contributed by atoms with E-state index in [9.17, 15) is 8.78 Å². The molecule has 0 saturated carbocycles. The number of hydrogen-bond acceptors (Lipinski definition) is 2. The molecule has 102 valence electrons. The molecule has 1 N–H and O–H groups in total. The number of nitrogens with one attached hydrogen (secondary N) is 1. The summed E-state index contributed by atoms with van der Waals surface area (Å²) in [6.07, 6.45) is 0. The Hall–Kier alpha value is -0.710. The zero-order chi connectivity index (χ0) is 12.3. The van der Waals surface area contributed by atoms with Crippen LogP contribution in [-0.4, -0.2) is 37.8 Å². The summed E-state index contributed by atoms with van der Waals surface area (Å²) in [5, 5.41) is 3.21. The maximum absolute atomic E-state index is 13.8. The van der Waals surface area contributed by atoms with Gasteiger partial charge in [0.2, 0.25) is 0 Å². The normalized spacial score (nSPS) is 18.2. The van der Waals surface area contributed by atoms with Crippen LogP contribution in [0.1, 0.15) is 17.2 Å². The van der Waals surface area contributed by atoms with E-state index in [-0.39, 0.29) is 18.2 Å². The van der Waals surface area contributed by atoms with Crippen LogP contribution in [-0.2, 0) is 0 Å². The van der Waals surface area contributed by atoms with Crippen LogP contribution in [0.15, 0.2) is 18.2 Å². The molecule has 0 spiro atoms. The van der Waals surface area contributed by atoms with Gasteiger partial charge >= 0.3 is 0 Å². The van der Waals surface area contributed by atoms with E-state index >= 15 is 0 Å². The Morgan fingerprint density at radius 3 is 2.61 bits per heavy atom. The van der Waals surface area contributed by atoms with Crippen molar-refractivity contribution in [2.75, 3.05) is 32.9 Å². The second-order valence-electron chi connectivity index (χ2n) is 4.48. The highest BCUT2D eigenvalue weighted by molar-refractivity contribution is 5.85. The van der Waals surface area contributed by atoms with Crippen LogP contribution >= 0.6 is 12.4 Å². The SMILES string of the molecule is Cc1ccc(F)c([C@H](CF)N2CCNCC2)c1.Cl. The lowest BCUT2D eigenvalue weighted by atomic mass is 10.0. The minimum atomic E-state index is -0.541. The molecule has 1 heterocycles. The number of aryl methyl sites for hydroxylation is 1. The Balaban J connectivity index is 0.00000162. The second kappa shape index (κ2) is 7.02. The Labute approximate surface area is 113 Å². The molecule has 18 heavy (non-hydrogen) atoms. The van der Waals surface area contributed by atoms with Gasteiger partial charge in [0.1, 0.15) is 12.5 Å².